The van der Waals surface area contributed by atoms with Crippen LogP contribution in [0, 0.1) is 0 Å². The van der Waals surface area contributed by atoms with Crippen LogP contribution in [0.2, 0.25) is 0 Å². The summed E-state index contributed by atoms with van der Waals surface area (Å²) in [7, 11) is 3.11. The van der Waals surface area contributed by atoms with Gasteiger partial charge in [0.2, 0.25) is 11.8 Å². The van der Waals surface area contributed by atoms with E-state index in [1.165, 1.54) is 0 Å². The predicted octanol–water partition coefficient (Wildman–Crippen LogP) is 2.10. The number of carbonyl (C=O) groups excluding carboxylic acids is 2. The van der Waals surface area contributed by atoms with Crippen LogP contribution in [0.25, 0.3) is 11.1 Å². The Kier molecular flexibility index (Phi) is 6.59. The zero-order chi connectivity index (χ0) is 20.6. The number of nitrogens with zero attached hydrogens (tertiary/aromatic N) is 1. The van der Waals surface area contributed by atoms with E-state index in [1.807, 2.05) is 30.3 Å². The lowest BCUT2D eigenvalue weighted by Gasteiger charge is -2.19. The predicted molar refractivity (Wildman–Crippen MR) is 110 cm³/mol. The second-order valence-corrected chi connectivity index (χ2v) is 6.32. The van der Waals surface area contributed by atoms with Crippen LogP contribution in [-0.2, 0) is 9.59 Å². The van der Waals surface area contributed by atoms with Crippen LogP contribution in [0.1, 0.15) is 11.6 Å². The maximum atomic E-state index is 13.0. The van der Waals surface area contributed by atoms with E-state index >= 15 is 0 Å². The molecule has 2 amide bonds. The number of rotatable bonds is 8. The molecule has 8 heteroatoms. The molecule has 29 heavy (non-hydrogen) atoms. The van der Waals surface area contributed by atoms with Gasteiger partial charge < -0.3 is 15.4 Å². The van der Waals surface area contributed by atoms with E-state index in [-0.39, 0.29) is 18.4 Å². The maximum Gasteiger partial charge on any atom is 0.246 e. The summed E-state index contributed by atoms with van der Waals surface area (Å²) in [5.41, 5.74) is 3.29. The summed E-state index contributed by atoms with van der Waals surface area (Å²) in [6.07, 6.45) is 3.53. The molecule has 0 aliphatic carbocycles. The van der Waals surface area contributed by atoms with Gasteiger partial charge in [-0.1, -0.05) is 24.3 Å². The van der Waals surface area contributed by atoms with Gasteiger partial charge in [0.25, 0.3) is 0 Å². The number of benzene rings is 2. The second kappa shape index (κ2) is 9.52. The van der Waals surface area contributed by atoms with Gasteiger partial charge in [-0.05, 0) is 35.4 Å². The van der Waals surface area contributed by atoms with Crippen molar-refractivity contribution in [3.63, 3.8) is 0 Å². The molecule has 1 heterocycles. The molecule has 3 rings (SSSR count). The molecule has 8 nitrogen and oxygen atoms in total. The van der Waals surface area contributed by atoms with Gasteiger partial charge in [-0.3, -0.25) is 20.0 Å². The first-order chi connectivity index (χ1) is 14.1. The van der Waals surface area contributed by atoms with Crippen LogP contribution in [-0.4, -0.2) is 42.7 Å². The number of aromatic nitrogens is 2. The molecule has 1 unspecified atom stereocenters. The lowest BCUT2D eigenvalue weighted by Crippen LogP contribution is -2.39. The molecule has 0 aliphatic rings. The van der Waals surface area contributed by atoms with E-state index in [1.54, 1.807) is 44.8 Å². The van der Waals surface area contributed by atoms with E-state index in [4.69, 9.17) is 4.74 Å². The largest absolute Gasteiger partial charge is 0.497 e. The van der Waals surface area contributed by atoms with E-state index in [9.17, 15) is 9.59 Å². The number of likely N-dealkylation sites (N-methyl/N-ethyl adjacent to an activating group) is 1. The van der Waals surface area contributed by atoms with Crippen molar-refractivity contribution in [2.45, 2.75) is 6.04 Å². The molecule has 1 atom stereocenters. The van der Waals surface area contributed by atoms with Crippen LogP contribution >= 0.6 is 0 Å². The van der Waals surface area contributed by atoms with Crippen LogP contribution in [0.3, 0.4) is 0 Å². The van der Waals surface area contributed by atoms with Crippen molar-refractivity contribution in [2.75, 3.05) is 26.0 Å². The minimum absolute atomic E-state index is 0.00518. The number of ether oxygens (including phenoxy) is 1. The highest BCUT2D eigenvalue weighted by Crippen LogP contribution is 2.23. The number of methoxy groups -OCH3 is 1. The number of nitrogens with one attached hydrogen (secondary N) is 4. The summed E-state index contributed by atoms with van der Waals surface area (Å²) in [4.78, 5) is 24.6. The fourth-order valence-electron chi connectivity index (χ4n) is 2.84. The van der Waals surface area contributed by atoms with Crippen molar-refractivity contribution in [1.29, 1.82) is 0 Å². The van der Waals surface area contributed by atoms with Crippen LogP contribution in [0.4, 0.5) is 5.69 Å². The highest BCUT2D eigenvalue weighted by Gasteiger charge is 2.22. The maximum absolute atomic E-state index is 13.0. The molecule has 0 aliphatic heterocycles. The summed E-state index contributed by atoms with van der Waals surface area (Å²) in [6.45, 7) is 0.00518. The third kappa shape index (κ3) is 5.20. The lowest BCUT2D eigenvalue weighted by atomic mass is 10.0. The van der Waals surface area contributed by atoms with Crippen molar-refractivity contribution in [2.24, 2.45) is 0 Å². The average Bonchev–Trinajstić information content (AvgIpc) is 3.29. The molecule has 0 saturated heterocycles. The van der Waals surface area contributed by atoms with E-state index in [0.717, 1.165) is 11.1 Å². The Hall–Kier alpha value is -3.65. The molecule has 0 radical (unpaired) electrons. The summed E-state index contributed by atoms with van der Waals surface area (Å²) >= 11 is 0. The van der Waals surface area contributed by atoms with Crippen molar-refractivity contribution in [3.05, 3.63) is 66.5 Å². The number of H-pyrrole nitrogens is 1. The van der Waals surface area contributed by atoms with Crippen molar-refractivity contribution in [1.82, 2.24) is 20.8 Å². The van der Waals surface area contributed by atoms with Gasteiger partial charge in [-0.25, -0.2) is 0 Å². The van der Waals surface area contributed by atoms with E-state index < -0.39 is 6.04 Å². The molecule has 4 N–H and O–H groups in total. The van der Waals surface area contributed by atoms with E-state index in [0.29, 0.717) is 17.0 Å². The average molecular weight is 393 g/mol. The quantitative estimate of drug-likeness (QED) is 0.469. The molecule has 1 aromatic heterocycles. The Morgan fingerprint density at radius 1 is 1.14 bits per heavy atom. The standard InChI is InChI=1S/C21H23N5O3/c1-22-19(27)13-23-20(15-4-3-5-18(10-15)29-2)21(28)26-17-8-6-14(7-9-17)16-11-24-25-12-16/h3-12,20,23H,13H2,1-2H3,(H,22,27)(H,24,25)(H,26,28). The first-order valence-electron chi connectivity index (χ1n) is 9.08. The third-order valence-electron chi connectivity index (χ3n) is 4.42. The summed E-state index contributed by atoms with van der Waals surface area (Å²) in [6, 6.07) is 13.9. The monoisotopic (exact) mass is 393 g/mol. The van der Waals surface area contributed by atoms with Gasteiger partial charge in [0.05, 0.1) is 19.9 Å². The smallest absolute Gasteiger partial charge is 0.246 e. The highest BCUT2D eigenvalue weighted by molar-refractivity contribution is 5.96. The summed E-state index contributed by atoms with van der Waals surface area (Å²) < 4.78 is 5.25. The number of hydrogen-bond acceptors (Lipinski definition) is 5. The number of amides is 2. The minimum Gasteiger partial charge on any atom is -0.497 e. The molecular formula is C21H23N5O3. The zero-order valence-corrected chi connectivity index (χ0v) is 16.2. The second-order valence-electron chi connectivity index (χ2n) is 6.32. The van der Waals surface area contributed by atoms with Gasteiger partial charge in [-0.2, -0.15) is 5.10 Å². The number of carbonyl (C=O) groups is 2. The molecule has 150 valence electrons. The Bertz CT molecular complexity index is 955. The molecule has 3 aromatic rings. The lowest BCUT2D eigenvalue weighted by molar-refractivity contribution is -0.120. The molecule has 0 spiro atoms. The molecule has 0 saturated carbocycles. The van der Waals surface area contributed by atoms with Gasteiger partial charge in [0, 0.05) is 24.5 Å². The van der Waals surface area contributed by atoms with Gasteiger partial charge >= 0.3 is 0 Å². The van der Waals surface area contributed by atoms with Gasteiger partial charge in [-0.15, -0.1) is 0 Å². The Balaban J connectivity index is 1.77. The Morgan fingerprint density at radius 2 is 1.93 bits per heavy atom. The van der Waals surface area contributed by atoms with Gasteiger partial charge in [0.15, 0.2) is 0 Å². The van der Waals surface area contributed by atoms with E-state index in [2.05, 4.69) is 26.1 Å². The van der Waals surface area contributed by atoms with Crippen molar-refractivity contribution in [3.8, 4) is 16.9 Å². The first-order valence-corrected chi connectivity index (χ1v) is 9.08. The van der Waals surface area contributed by atoms with Crippen molar-refractivity contribution >= 4 is 17.5 Å². The summed E-state index contributed by atoms with van der Waals surface area (Å²) in [5, 5.41) is 15.1. The fraction of sp³-hybridized carbons (Fsp3) is 0.190. The van der Waals surface area contributed by atoms with Crippen LogP contribution in [0.15, 0.2) is 60.9 Å². The fourth-order valence-corrected chi connectivity index (χ4v) is 2.84. The van der Waals surface area contributed by atoms with Crippen molar-refractivity contribution < 1.29 is 14.3 Å². The van der Waals surface area contributed by atoms with Crippen LogP contribution in [0.5, 0.6) is 5.75 Å². The number of hydrogen-bond donors (Lipinski definition) is 4. The summed E-state index contributed by atoms with van der Waals surface area (Å²) in [5.74, 6) is 0.139. The Morgan fingerprint density at radius 3 is 2.59 bits per heavy atom. The minimum atomic E-state index is -0.726. The molecule has 2 aromatic carbocycles. The zero-order valence-electron chi connectivity index (χ0n) is 16.2. The number of aromatic amines is 1. The Labute approximate surface area is 168 Å². The molecule has 0 bridgehead atoms. The SMILES string of the molecule is CNC(=O)CNC(C(=O)Nc1ccc(-c2cn[nH]c2)cc1)c1cccc(OC)c1. The van der Waals surface area contributed by atoms with Gasteiger partial charge in [0.1, 0.15) is 11.8 Å². The first kappa shape index (κ1) is 20.1. The topological polar surface area (TPSA) is 108 Å². The number of anilines is 1. The highest BCUT2D eigenvalue weighted by atomic mass is 16.5. The third-order valence-corrected chi connectivity index (χ3v) is 4.42. The normalized spacial score (nSPS) is 11.5. The molecular weight excluding hydrogens is 370 g/mol. The van der Waals surface area contributed by atoms with Crippen LogP contribution < -0.4 is 20.7 Å². The molecule has 0 fully saturated rings.